The number of hydrogen-bond donors (Lipinski definition) is 1. The van der Waals surface area contributed by atoms with Crippen LogP contribution in [0.4, 0.5) is 5.69 Å². The summed E-state index contributed by atoms with van der Waals surface area (Å²) in [5.74, 6) is 0.977. The van der Waals surface area contributed by atoms with E-state index in [1.807, 2.05) is 30.3 Å². The van der Waals surface area contributed by atoms with E-state index in [4.69, 9.17) is 32.7 Å². The predicted molar refractivity (Wildman–Crippen MR) is 129 cm³/mol. The van der Waals surface area contributed by atoms with E-state index < -0.39 is 5.41 Å². The van der Waals surface area contributed by atoms with Gasteiger partial charge in [-0.15, -0.1) is 0 Å². The number of carbonyl (C=O) groups excluding carboxylic acids is 1. The second kappa shape index (κ2) is 9.65. The number of rotatable bonds is 6. The molecule has 168 valence electrons. The molecule has 1 aliphatic rings. The third-order valence-electron chi connectivity index (χ3n) is 5.78. The van der Waals surface area contributed by atoms with Gasteiger partial charge in [0, 0.05) is 34.8 Å². The van der Waals surface area contributed by atoms with Gasteiger partial charge in [-0.2, -0.15) is 0 Å². The van der Waals surface area contributed by atoms with E-state index in [-0.39, 0.29) is 5.91 Å². The molecule has 0 unspecified atom stereocenters. The number of halogens is 2. The van der Waals surface area contributed by atoms with Gasteiger partial charge in [0.15, 0.2) is 0 Å². The highest BCUT2D eigenvalue weighted by Crippen LogP contribution is 2.41. The van der Waals surface area contributed by atoms with Crippen LogP contribution in [0.25, 0.3) is 10.9 Å². The molecule has 1 aliphatic heterocycles. The van der Waals surface area contributed by atoms with Gasteiger partial charge in [0.05, 0.1) is 17.7 Å². The molecule has 0 radical (unpaired) electrons. The fourth-order valence-electron chi connectivity index (χ4n) is 4.09. The van der Waals surface area contributed by atoms with Crippen molar-refractivity contribution in [1.29, 1.82) is 0 Å². The van der Waals surface area contributed by atoms with Crippen molar-refractivity contribution in [3.05, 3.63) is 64.3 Å². The molecule has 3 aromatic rings. The molecule has 7 heteroatoms. The van der Waals surface area contributed by atoms with Crippen LogP contribution in [0.5, 0.6) is 5.75 Å². The first kappa shape index (κ1) is 22.8. The standard InChI is InChI=1S/C25H26Cl2N2O3/c1-16(2)15-32-22-8-7-21(18-4-3-11-28-23(18)22)29-24(30)25(9-12-31-13-10-25)19-6-5-17(26)14-20(19)27/h3-8,11,14,16H,9-10,12-13,15H2,1-2H3,(H,29,30). The van der Waals surface area contributed by atoms with Crippen molar-refractivity contribution < 1.29 is 14.3 Å². The molecule has 2 aromatic carbocycles. The Morgan fingerprint density at radius 3 is 2.69 bits per heavy atom. The smallest absolute Gasteiger partial charge is 0.235 e. The van der Waals surface area contributed by atoms with E-state index in [9.17, 15) is 4.79 Å². The number of pyridine rings is 1. The number of benzene rings is 2. The number of fused-ring (bicyclic) bond motifs is 1. The number of hydrogen-bond acceptors (Lipinski definition) is 4. The first-order chi connectivity index (χ1) is 15.4. The van der Waals surface area contributed by atoms with Crippen molar-refractivity contribution in [2.75, 3.05) is 25.1 Å². The molecule has 1 N–H and O–H groups in total. The normalized spacial score (nSPS) is 15.7. The minimum absolute atomic E-state index is 0.119. The van der Waals surface area contributed by atoms with E-state index in [1.54, 1.807) is 18.3 Å². The molecule has 0 bridgehead atoms. The summed E-state index contributed by atoms with van der Waals surface area (Å²) in [6.07, 6.45) is 2.79. The van der Waals surface area contributed by atoms with Crippen LogP contribution in [-0.4, -0.2) is 30.7 Å². The number of ether oxygens (including phenoxy) is 2. The summed E-state index contributed by atoms with van der Waals surface area (Å²) in [4.78, 5) is 18.3. The van der Waals surface area contributed by atoms with Crippen molar-refractivity contribution in [2.24, 2.45) is 5.92 Å². The van der Waals surface area contributed by atoms with Crippen LogP contribution in [0, 0.1) is 5.92 Å². The molecule has 32 heavy (non-hydrogen) atoms. The molecule has 1 fully saturated rings. The molecule has 1 amide bonds. The lowest BCUT2D eigenvalue weighted by Gasteiger charge is -2.37. The van der Waals surface area contributed by atoms with E-state index in [2.05, 4.69) is 24.1 Å². The van der Waals surface area contributed by atoms with Gasteiger partial charge in [0.25, 0.3) is 0 Å². The van der Waals surface area contributed by atoms with Crippen LogP contribution in [0.2, 0.25) is 10.0 Å². The van der Waals surface area contributed by atoms with Crippen LogP contribution in [0.1, 0.15) is 32.3 Å². The molecule has 1 aromatic heterocycles. The Morgan fingerprint density at radius 1 is 1.19 bits per heavy atom. The monoisotopic (exact) mass is 472 g/mol. The molecule has 4 rings (SSSR count). The average Bonchev–Trinajstić information content (AvgIpc) is 2.79. The van der Waals surface area contributed by atoms with Gasteiger partial charge in [-0.05, 0) is 60.7 Å². The fraction of sp³-hybridized carbons (Fsp3) is 0.360. The summed E-state index contributed by atoms with van der Waals surface area (Å²) in [6.45, 7) is 5.75. The first-order valence-corrected chi connectivity index (χ1v) is 11.5. The van der Waals surface area contributed by atoms with Crippen molar-refractivity contribution in [2.45, 2.75) is 32.1 Å². The van der Waals surface area contributed by atoms with Crippen LogP contribution in [-0.2, 0) is 14.9 Å². The Kier molecular flexibility index (Phi) is 6.89. The van der Waals surface area contributed by atoms with Gasteiger partial charge in [-0.25, -0.2) is 0 Å². The Bertz CT molecular complexity index is 1130. The van der Waals surface area contributed by atoms with Crippen LogP contribution >= 0.6 is 23.2 Å². The maximum atomic E-state index is 13.8. The van der Waals surface area contributed by atoms with Gasteiger partial charge in [0.2, 0.25) is 5.91 Å². The predicted octanol–water partition coefficient (Wildman–Crippen LogP) is 6.26. The number of carbonyl (C=O) groups is 1. The second-order valence-corrected chi connectivity index (χ2v) is 9.33. The van der Waals surface area contributed by atoms with Gasteiger partial charge in [-0.3, -0.25) is 9.78 Å². The van der Waals surface area contributed by atoms with Crippen LogP contribution < -0.4 is 10.1 Å². The lowest BCUT2D eigenvalue weighted by Crippen LogP contribution is -2.45. The average molecular weight is 473 g/mol. The Hall–Kier alpha value is -2.34. The molecular formula is C25H26Cl2N2O3. The molecule has 0 spiro atoms. The number of anilines is 1. The SMILES string of the molecule is CC(C)COc1ccc(NC(=O)C2(c3ccc(Cl)cc3Cl)CCOCC2)c2cccnc12. The summed E-state index contributed by atoms with van der Waals surface area (Å²) in [7, 11) is 0. The second-order valence-electron chi connectivity index (χ2n) is 8.49. The number of nitrogens with zero attached hydrogens (tertiary/aromatic N) is 1. The highest BCUT2D eigenvalue weighted by molar-refractivity contribution is 6.35. The molecular weight excluding hydrogens is 447 g/mol. The quantitative estimate of drug-likeness (QED) is 0.459. The van der Waals surface area contributed by atoms with Crippen molar-refractivity contribution >= 4 is 45.7 Å². The van der Waals surface area contributed by atoms with Crippen molar-refractivity contribution in [3.8, 4) is 5.75 Å². The third kappa shape index (κ3) is 4.56. The van der Waals surface area contributed by atoms with Gasteiger partial charge in [-0.1, -0.05) is 43.1 Å². The third-order valence-corrected chi connectivity index (χ3v) is 6.33. The summed E-state index contributed by atoms with van der Waals surface area (Å²) in [5.41, 5.74) is 1.37. The zero-order chi connectivity index (χ0) is 22.7. The van der Waals surface area contributed by atoms with Gasteiger partial charge < -0.3 is 14.8 Å². The Morgan fingerprint density at radius 2 is 1.97 bits per heavy atom. The zero-order valence-electron chi connectivity index (χ0n) is 18.2. The van der Waals surface area contributed by atoms with Gasteiger partial charge >= 0.3 is 0 Å². The lowest BCUT2D eigenvalue weighted by molar-refractivity contribution is -0.125. The summed E-state index contributed by atoms with van der Waals surface area (Å²) < 4.78 is 11.5. The minimum Gasteiger partial charge on any atom is -0.491 e. The molecule has 0 aliphatic carbocycles. The highest BCUT2D eigenvalue weighted by Gasteiger charge is 2.43. The van der Waals surface area contributed by atoms with E-state index in [0.717, 1.165) is 16.5 Å². The Balaban J connectivity index is 1.71. The van der Waals surface area contributed by atoms with E-state index in [1.165, 1.54) is 0 Å². The number of nitrogens with one attached hydrogen (secondary N) is 1. The van der Waals surface area contributed by atoms with E-state index in [0.29, 0.717) is 60.1 Å². The maximum absolute atomic E-state index is 13.8. The molecule has 5 nitrogen and oxygen atoms in total. The highest BCUT2D eigenvalue weighted by atomic mass is 35.5. The first-order valence-electron chi connectivity index (χ1n) is 10.8. The molecule has 2 heterocycles. The maximum Gasteiger partial charge on any atom is 0.235 e. The van der Waals surface area contributed by atoms with Gasteiger partial charge in [0.1, 0.15) is 11.3 Å². The fourth-order valence-corrected chi connectivity index (χ4v) is 4.68. The Labute approximate surface area is 198 Å². The van der Waals surface area contributed by atoms with E-state index >= 15 is 0 Å². The summed E-state index contributed by atoms with van der Waals surface area (Å²) in [6, 6.07) is 12.8. The summed E-state index contributed by atoms with van der Waals surface area (Å²) in [5, 5.41) is 4.99. The van der Waals surface area contributed by atoms with Crippen LogP contribution in [0.3, 0.4) is 0 Å². The van der Waals surface area contributed by atoms with Crippen LogP contribution in [0.15, 0.2) is 48.7 Å². The molecule has 0 saturated carbocycles. The van der Waals surface area contributed by atoms with Crippen molar-refractivity contribution in [1.82, 2.24) is 4.98 Å². The minimum atomic E-state index is -0.804. The number of amides is 1. The summed E-state index contributed by atoms with van der Waals surface area (Å²) >= 11 is 12.7. The lowest BCUT2D eigenvalue weighted by atomic mass is 9.73. The number of aromatic nitrogens is 1. The molecule has 0 atom stereocenters. The van der Waals surface area contributed by atoms with Crippen molar-refractivity contribution in [3.63, 3.8) is 0 Å². The molecule has 1 saturated heterocycles. The largest absolute Gasteiger partial charge is 0.491 e. The topological polar surface area (TPSA) is 60.5 Å². The zero-order valence-corrected chi connectivity index (χ0v) is 19.7.